The predicted octanol–water partition coefficient (Wildman–Crippen LogP) is 2.88. The zero-order valence-electron chi connectivity index (χ0n) is 11.8. The molecule has 4 nitrogen and oxygen atoms in total. The third-order valence-electron chi connectivity index (χ3n) is 2.81. The number of aromatic nitrogens is 2. The van der Waals surface area contributed by atoms with Gasteiger partial charge in [0.25, 0.3) is 0 Å². The molecule has 0 aliphatic carbocycles. The molecule has 0 saturated carbocycles. The van der Waals surface area contributed by atoms with Crippen LogP contribution in [0.25, 0.3) is 11.3 Å². The van der Waals surface area contributed by atoms with Gasteiger partial charge in [0.2, 0.25) is 0 Å². The number of nitrogens with one attached hydrogen (secondary N) is 3. The second kappa shape index (κ2) is 5.89. The van der Waals surface area contributed by atoms with Gasteiger partial charge >= 0.3 is 0 Å². The molecule has 0 amide bonds. The van der Waals surface area contributed by atoms with Crippen molar-refractivity contribution in [2.45, 2.75) is 26.3 Å². The molecule has 0 spiro atoms. The highest BCUT2D eigenvalue weighted by Gasteiger charge is 2.06. The van der Waals surface area contributed by atoms with E-state index in [-0.39, 0.29) is 5.54 Å². The van der Waals surface area contributed by atoms with Gasteiger partial charge in [-0.3, -0.25) is 5.10 Å². The van der Waals surface area contributed by atoms with Crippen molar-refractivity contribution < 1.29 is 0 Å². The Hall–Kier alpha value is -1.81. The Labute approximate surface area is 114 Å². The monoisotopic (exact) mass is 258 g/mol. The van der Waals surface area contributed by atoms with Crippen LogP contribution in [0.5, 0.6) is 0 Å². The lowest BCUT2D eigenvalue weighted by molar-refractivity contribution is 0.435. The van der Waals surface area contributed by atoms with Gasteiger partial charge < -0.3 is 10.6 Å². The summed E-state index contributed by atoms with van der Waals surface area (Å²) in [5, 5.41) is 13.8. The highest BCUT2D eigenvalue weighted by Crippen LogP contribution is 2.18. The smallest absolute Gasteiger partial charge is 0.0650 e. The predicted molar refractivity (Wildman–Crippen MR) is 80.3 cm³/mol. The lowest BCUT2D eigenvalue weighted by Gasteiger charge is -2.20. The molecule has 2 rings (SSSR count). The van der Waals surface area contributed by atoms with E-state index in [2.05, 4.69) is 65.9 Å². The number of hydrogen-bond donors (Lipinski definition) is 3. The maximum absolute atomic E-state index is 3.96. The first-order chi connectivity index (χ1) is 9.04. The molecule has 0 fully saturated rings. The Morgan fingerprint density at radius 3 is 2.37 bits per heavy atom. The number of anilines is 1. The van der Waals surface area contributed by atoms with E-state index in [1.54, 1.807) is 6.20 Å². The van der Waals surface area contributed by atoms with Crippen molar-refractivity contribution in [1.29, 1.82) is 0 Å². The summed E-state index contributed by atoms with van der Waals surface area (Å²) in [6.07, 6.45) is 1.76. The summed E-state index contributed by atoms with van der Waals surface area (Å²) >= 11 is 0. The zero-order chi connectivity index (χ0) is 13.7. The number of rotatable bonds is 5. The first-order valence-corrected chi connectivity index (χ1v) is 6.63. The van der Waals surface area contributed by atoms with Crippen LogP contribution in [0, 0.1) is 0 Å². The average Bonchev–Trinajstić information content (AvgIpc) is 2.88. The molecule has 1 aromatic carbocycles. The van der Waals surface area contributed by atoms with Crippen LogP contribution in [0.4, 0.5) is 5.69 Å². The molecule has 0 radical (unpaired) electrons. The van der Waals surface area contributed by atoms with Crippen LogP contribution in [0.2, 0.25) is 0 Å². The van der Waals surface area contributed by atoms with Crippen LogP contribution in [0.15, 0.2) is 36.5 Å². The molecule has 0 bridgehead atoms. The van der Waals surface area contributed by atoms with Gasteiger partial charge in [0, 0.05) is 30.5 Å². The average molecular weight is 258 g/mol. The van der Waals surface area contributed by atoms with Crippen molar-refractivity contribution in [3.05, 3.63) is 36.5 Å². The Morgan fingerprint density at radius 2 is 1.79 bits per heavy atom. The van der Waals surface area contributed by atoms with Gasteiger partial charge in [-0.1, -0.05) is 12.1 Å². The first-order valence-electron chi connectivity index (χ1n) is 6.63. The van der Waals surface area contributed by atoms with Crippen molar-refractivity contribution in [1.82, 2.24) is 15.5 Å². The van der Waals surface area contributed by atoms with Crippen LogP contribution in [-0.4, -0.2) is 28.8 Å². The summed E-state index contributed by atoms with van der Waals surface area (Å²) in [5.74, 6) is 0. The highest BCUT2D eigenvalue weighted by atomic mass is 15.1. The molecule has 19 heavy (non-hydrogen) atoms. The number of aromatic amines is 1. The Kier molecular flexibility index (Phi) is 4.22. The molecule has 102 valence electrons. The third kappa shape index (κ3) is 4.41. The highest BCUT2D eigenvalue weighted by molar-refractivity contribution is 5.62. The number of hydrogen-bond acceptors (Lipinski definition) is 3. The van der Waals surface area contributed by atoms with Gasteiger partial charge in [0.15, 0.2) is 0 Å². The van der Waals surface area contributed by atoms with E-state index >= 15 is 0 Å². The first kappa shape index (κ1) is 13.6. The fourth-order valence-corrected chi connectivity index (χ4v) is 1.83. The van der Waals surface area contributed by atoms with E-state index < -0.39 is 0 Å². The molecule has 1 aromatic heterocycles. The van der Waals surface area contributed by atoms with Crippen LogP contribution in [0.1, 0.15) is 20.8 Å². The molecule has 0 atom stereocenters. The molecule has 4 heteroatoms. The van der Waals surface area contributed by atoms with E-state index in [9.17, 15) is 0 Å². The van der Waals surface area contributed by atoms with E-state index in [4.69, 9.17) is 0 Å². The Balaban J connectivity index is 1.83. The molecular weight excluding hydrogens is 236 g/mol. The Bertz CT molecular complexity index is 480. The molecule has 0 unspecified atom stereocenters. The second-order valence-electron chi connectivity index (χ2n) is 5.65. The van der Waals surface area contributed by atoms with Crippen molar-refractivity contribution in [3.63, 3.8) is 0 Å². The molecule has 2 aromatic rings. The minimum Gasteiger partial charge on any atom is -0.384 e. The largest absolute Gasteiger partial charge is 0.384 e. The van der Waals surface area contributed by atoms with Crippen molar-refractivity contribution >= 4 is 5.69 Å². The summed E-state index contributed by atoms with van der Waals surface area (Å²) in [4.78, 5) is 0. The van der Waals surface area contributed by atoms with E-state index in [0.29, 0.717) is 0 Å². The minimum atomic E-state index is 0.173. The van der Waals surface area contributed by atoms with Gasteiger partial charge in [-0.15, -0.1) is 0 Å². The molecule has 0 aliphatic rings. The molecule has 0 saturated heterocycles. The SMILES string of the molecule is CC(C)(C)NCCNc1ccc(-c2ccn[nH]2)cc1. The van der Waals surface area contributed by atoms with Gasteiger partial charge in [-0.25, -0.2) is 0 Å². The molecule has 1 heterocycles. The van der Waals surface area contributed by atoms with E-state index in [1.165, 1.54) is 0 Å². The van der Waals surface area contributed by atoms with Gasteiger partial charge in [-0.2, -0.15) is 5.10 Å². The minimum absolute atomic E-state index is 0.173. The van der Waals surface area contributed by atoms with Crippen LogP contribution >= 0.6 is 0 Å². The number of H-pyrrole nitrogens is 1. The Morgan fingerprint density at radius 1 is 1.05 bits per heavy atom. The summed E-state index contributed by atoms with van der Waals surface area (Å²) in [7, 11) is 0. The second-order valence-corrected chi connectivity index (χ2v) is 5.65. The number of benzene rings is 1. The fraction of sp³-hybridized carbons (Fsp3) is 0.400. The zero-order valence-corrected chi connectivity index (χ0v) is 11.8. The summed E-state index contributed by atoms with van der Waals surface area (Å²) < 4.78 is 0. The lowest BCUT2D eigenvalue weighted by atomic mass is 10.1. The number of nitrogens with zero attached hydrogens (tertiary/aromatic N) is 1. The fourth-order valence-electron chi connectivity index (χ4n) is 1.83. The summed E-state index contributed by atoms with van der Waals surface area (Å²) in [6.45, 7) is 8.39. The van der Waals surface area contributed by atoms with Crippen molar-refractivity contribution in [2.75, 3.05) is 18.4 Å². The third-order valence-corrected chi connectivity index (χ3v) is 2.81. The van der Waals surface area contributed by atoms with E-state index in [0.717, 1.165) is 30.0 Å². The maximum Gasteiger partial charge on any atom is 0.0650 e. The maximum atomic E-state index is 3.96. The van der Waals surface area contributed by atoms with Crippen LogP contribution in [-0.2, 0) is 0 Å². The molecule has 0 aliphatic heterocycles. The van der Waals surface area contributed by atoms with Gasteiger partial charge in [0.05, 0.1) is 5.69 Å². The summed E-state index contributed by atoms with van der Waals surface area (Å²) in [5.41, 5.74) is 3.50. The van der Waals surface area contributed by atoms with E-state index in [1.807, 2.05) is 6.07 Å². The molecular formula is C15H22N4. The topological polar surface area (TPSA) is 52.7 Å². The standard InChI is InChI=1S/C15H22N4/c1-15(2,3)17-11-10-16-13-6-4-12(5-7-13)14-8-9-18-19-14/h4-9,16-17H,10-11H2,1-3H3,(H,18,19). The van der Waals surface area contributed by atoms with Crippen molar-refractivity contribution in [3.8, 4) is 11.3 Å². The van der Waals surface area contributed by atoms with Crippen LogP contribution < -0.4 is 10.6 Å². The van der Waals surface area contributed by atoms with Crippen molar-refractivity contribution in [2.24, 2.45) is 0 Å². The van der Waals surface area contributed by atoms with Gasteiger partial charge in [0.1, 0.15) is 0 Å². The quantitative estimate of drug-likeness (QED) is 0.723. The lowest BCUT2D eigenvalue weighted by Crippen LogP contribution is -2.38. The normalized spacial score (nSPS) is 11.5. The van der Waals surface area contributed by atoms with Crippen LogP contribution in [0.3, 0.4) is 0 Å². The summed E-state index contributed by atoms with van der Waals surface area (Å²) in [6, 6.07) is 10.3. The van der Waals surface area contributed by atoms with Gasteiger partial charge in [-0.05, 0) is 44.5 Å². The molecule has 3 N–H and O–H groups in total.